The van der Waals surface area contributed by atoms with Crippen molar-refractivity contribution in [2.45, 2.75) is 13.8 Å². The Kier molecular flexibility index (Phi) is 1.98. The number of aromatic nitrogens is 4. The third-order valence-corrected chi connectivity index (χ3v) is 2.62. The molecule has 4 nitrogen and oxygen atoms in total. The van der Waals surface area contributed by atoms with Gasteiger partial charge in [-0.15, -0.1) is 0 Å². The minimum absolute atomic E-state index is 0.104. The zero-order chi connectivity index (χ0) is 9.42. The fourth-order valence-electron chi connectivity index (χ4n) is 1.22. The third-order valence-electron chi connectivity index (χ3n) is 1.72. The Hall–Kier alpha value is -1.06. The summed E-state index contributed by atoms with van der Waals surface area (Å²) in [6, 6.07) is 0. The molecule has 67 valence electrons. The summed E-state index contributed by atoms with van der Waals surface area (Å²) >= 11 is 0.104. The minimum atomic E-state index is 0.104. The van der Waals surface area contributed by atoms with Crippen LogP contribution in [0.3, 0.4) is 0 Å². The van der Waals surface area contributed by atoms with Gasteiger partial charge in [0.2, 0.25) is 0 Å². The first-order valence-corrected chi connectivity index (χ1v) is 5.90. The average Bonchev–Trinajstić information content (AvgIpc) is 2.47. The van der Waals surface area contributed by atoms with Gasteiger partial charge in [-0.3, -0.25) is 0 Å². The van der Waals surface area contributed by atoms with Crippen molar-refractivity contribution in [2.75, 3.05) is 0 Å². The second-order valence-electron chi connectivity index (χ2n) is 2.77. The number of fused-ring (bicyclic) bond motifs is 1. The molecule has 2 aromatic heterocycles. The molecule has 0 atom stereocenters. The topological polar surface area (TPSA) is 43.1 Å². The Morgan fingerprint density at radius 2 is 2.15 bits per heavy atom. The van der Waals surface area contributed by atoms with Gasteiger partial charge in [0.25, 0.3) is 0 Å². The number of rotatable bonds is 1. The van der Waals surface area contributed by atoms with Gasteiger partial charge in [-0.1, -0.05) is 0 Å². The number of hydrogen-bond donors (Lipinski definition) is 0. The summed E-state index contributed by atoms with van der Waals surface area (Å²) in [6.07, 6.45) is 1.88. The maximum absolute atomic E-state index is 4.33. The Morgan fingerprint density at radius 1 is 1.38 bits per heavy atom. The fraction of sp³-hybridized carbons (Fsp3) is 0.250. The van der Waals surface area contributed by atoms with E-state index in [2.05, 4.69) is 20.5 Å². The molecule has 0 unspecified atom stereocenters. The van der Waals surface area contributed by atoms with Crippen molar-refractivity contribution in [3.63, 3.8) is 0 Å². The SMILES string of the molecule is C=[Se]c1nc2c(C)nc(C)cn2n1. The van der Waals surface area contributed by atoms with Crippen LogP contribution in [-0.2, 0) is 0 Å². The normalized spacial score (nSPS) is 10.6. The first-order valence-electron chi connectivity index (χ1n) is 3.83. The van der Waals surface area contributed by atoms with Gasteiger partial charge in [-0.05, 0) is 0 Å². The van der Waals surface area contributed by atoms with Crippen LogP contribution in [0.2, 0.25) is 0 Å². The maximum atomic E-state index is 4.33. The standard InChI is InChI=1S/C8H9N4Se/c1-5-4-12-7(6(2)9-5)10-8(11-12)13-3/h4H,3H2,1-2H3. The molecule has 0 spiro atoms. The van der Waals surface area contributed by atoms with Crippen LogP contribution in [0, 0.1) is 13.8 Å². The number of aryl methyl sites for hydroxylation is 2. The van der Waals surface area contributed by atoms with Crippen LogP contribution >= 0.6 is 0 Å². The Morgan fingerprint density at radius 3 is 2.85 bits per heavy atom. The fourth-order valence-corrected chi connectivity index (χ4v) is 1.84. The molecule has 2 rings (SSSR count). The molecule has 0 saturated carbocycles. The molecule has 2 aromatic rings. The van der Waals surface area contributed by atoms with E-state index in [0.717, 1.165) is 21.8 Å². The van der Waals surface area contributed by atoms with E-state index in [1.54, 1.807) is 4.52 Å². The Bertz CT molecular complexity index is 474. The van der Waals surface area contributed by atoms with Crippen LogP contribution in [0.4, 0.5) is 0 Å². The summed E-state index contributed by atoms with van der Waals surface area (Å²) < 4.78 is 2.60. The molecule has 0 aliphatic rings. The molecule has 2 heterocycles. The molecule has 0 aliphatic carbocycles. The van der Waals surface area contributed by atoms with Gasteiger partial charge in [0.05, 0.1) is 0 Å². The second-order valence-corrected chi connectivity index (χ2v) is 4.15. The van der Waals surface area contributed by atoms with Crippen LogP contribution in [0.1, 0.15) is 11.4 Å². The van der Waals surface area contributed by atoms with E-state index < -0.39 is 0 Å². The van der Waals surface area contributed by atoms with Gasteiger partial charge >= 0.3 is 81.3 Å². The molecule has 0 amide bonds. The van der Waals surface area contributed by atoms with E-state index in [1.807, 2.05) is 20.0 Å². The van der Waals surface area contributed by atoms with Gasteiger partial charge in [-0.25, -0.2) is 0 Å². The van der Waals surface area contributed by atoms with E-state index in [1.165, 1.54) is 0 Å². The molecule has 0 aromatic carbocycles. The summed E-state index contributed by atoms with van der Waals surface area (Å²) in [4.78, 5) is 8.64. The third kappa shape index (κ3) is 1.41. The molecule has 1 radical (unpaired) electrons. The summed E-state index contributed by atoms with van der Waals surface area (Å²) in [6.45, 7) is 3.89. The monoisotopic (exact) mass is 241 g/mol. The average molecular weight is 240 g/mol. The van der Waals surface area contributed by atoms with Crippen molar-refractivity contribution in [2.24, 2.45) is 0 Å². The van der Waals surface area contributed by atoms with Gasteiger partial charge in [0.1, 0.15) is 0 Å². The zero-order valence-electron chi connectivity index (χ0n) is 7.48. The summed E-state index contributed by atoms with van der Waals surface area (Å²) in [5, 5.41) is 4.28. The van der Waals surface area contributed by atoms with E-state index in [4.69, 9.17) is 0 Å². The van der Waals surface area contributed by atoms with Crippen LogP contribution in [-0.4, -0.2) is 39.5 Å². The molecule has 0 bridgehead atoms. The van der Waals surface area contributed by atoms with Crippen molar-refractivity contribution < 1.29 is 0 Å². The Balaban J connectivity index is 2.82. The van der Waals surface area contributed by atoms with Crippen molar-refractivity contribution in [1.29, 1.82) is 0 Å². The van der Waals surface area contributed by atoms with Gasteiger partial charge < -0.3 is 0 Å². The first kappa shape index (κ1) is 8.53. The van der Waals surface area contributed by atoms with E-state index >= 15 is 0 Å². The summed E-state index contributed by atoms with van der Waals surface area (Å²) in [5.74, 6) is 0. The molecule has 13 heavy (non-hydrogen) atoms. The molecule has 0 N–H and O–H groups in total. The molecule has 0 aliphatic heterocycles. The van der Waals surface area contributed by atoms with Crippen molar-refractivity contribution in [1.82, 2.24) is 19.6 Å². The van der Waals surface area contributed by atoms with Crippen molar-refractivity contribution in [3.05, 3.63) is 17.6 Å². The number of nitrogens with zero attached hydrogens (tertiary/aromatic N) is 4. The molecular formula is C8H9N4Se. The van der Waals surface area contributed by atoms with Crippen LogP contribution in [0.25, 0.3) is 5.65 Å². The van der Waals surface area contributed by atoms with Crippen LogP contribution in [0.15, 0.2) is 6.20 Å². The summed E-state index contributed by atoms with van der Waals surface area (Å²) in [5.41, 5.74) is 6.52. The van der Waals surface area contributed by atoms with Gasteiger partial charge in [0, 0.05) is 0 Å². The molecule has 0 saturated heterocycles. The predicted molar refractivity (Wildman–Crippen MR) is 52.8 cm³/mol. The predicted octanol–water partition coefficient (Wildman–Crippen LogP) is -0.497. The zero-order valence-corrected chi connectivity index (χ0v) is 9.19. The van der Waals surface area contributed by atoms with E-state index in [9.17, 15) is 0 Å². The van der Waals surface area contributed by atoms with E-state index in [-0.39, 0.29) is 14.5 Å². The quantitative estimate of drug-likeness (QED) is 0.631. The van der Waals surface area contributed by atoms with Gasteiger partial charge in [0.15, 0.2) is 0 Å². The van der Waals surface area contributed by atoms with Gasteiger partial charge in [-0.2, -0.15) is 0 Å². The van der Waals surface area contributed by atoms with Crippen LogP contribution in [0.5, 0.6) is 0 Å². The number of hydrogen-bond acceptors (Lipinski definition) is 3. The van der Waals surface area contributed by atoms with Crippen LogP contribution < -0.4 is 4.72 Å². The molecular weight excluding hydrogens is 231 g/mol. The Labute approximate surface area is 81.7 Å². The van der Waals surface area contributed by atoms with E-state index in [0.29, 0.717) is 0 Å². The van der Waals surface area contributed by atoms with Crippen molar-refractivity contribution in [3.8, 4) is 0 Å². The molecule has 0 fully saturated rings. The summed E-state index contributed by atoms with van der Waals surface area (Å²) in [7, 11) is 0. The first-order chi connectivity index (χ1) is 6.20. The molecule has 5 heteroatoms. The van der Waals surface area contributed by atoms with Crippen molar-refractivity contribution >= 4 is 30.3 Å². The second kappa shape index (κ2) is 3.01.